The summed E-state index contributed by atoms with van der Waals surface area (Å²) in [4.78, 5) is 17.5. The van der Waals surface area contributed by atoms with E-state index in [0.29, 0.717) is 30.6 Å². The highest BCUT2D eigenvalue weighted by atomic mass is 32.2. The van der Waals surface area contributed by atoms with E-state index in [-0.39, 0.29) is 10.8 Å². The Morgan fingerprint density at radius 1 is 1.00 bits per heavy atom. The number of nitrogens with zero attached hydrogens (tertiary/aromatic N) is 2. The molecule has 1 aliphatic rings. The second kappa shape index (κ2) is 9.29. The SMILES string of the molecule is Cc1cc(C)c(S(=O)(=O)N[C@@H](Cc2ccccc2)C(=O)N2CCN(C)CC2)c(C)c1. The van der Waals surface area contributed by atoms with E-state index in [9.17, 15) is 13.2 Å². The van der Waals surface area contributed by atoms with Gasteiger partial charge in [0.15, 0.2) is 0 Å². The van der Waals surface area contributed by atoms with Gasteiger partial charge < -0.3 is 9.80 Å². The fourth-order valence-corrected chi connectivity index (χ4v) is 5.76. The summed E-state index contributed by atoms with van der Waals surface area (Å²) in [7, 11) is -1.84. The first kappa shape index (κ1) is 22.5. The highest BCUT2D eigenvalue weighted by Crippen LogP contribution is 2.22. The highest BCUT2D eigenvalue weighted by molar-refractivity contribution is 7.89. The van der Waals surface area contributed by atoms with Crippen molar-refractivity contribution in [1.29, 1.82) is 0 Å². The lowest BCUT2D eigenvalue weighted by molar-refractivity contribution is -0.134. The lowest BCUT2D eigenvalue weighted by Gasteiger charge is -2.35. The van der Waals surface area contributed by atoms with Gasteiger partial charge in [0.05, 0.1) is 4.90 Å². The highest BCUT2D eigenvalue weighted by Gasteiger charge is 2.32. The average molecular weight is 430 g/mol. The van der Waals surface area contributed by atoms with Crippen LogP contribution >= 0.6 is 0 Å². The number of carbonyl (C=O) groups is 1. The molecule has 1 heterocycles. The molecule has 0 aromatic heterocycles. The first-order valence-electron chi connectivity index (χ1n) is 10.3. The Labute approximate surface area is 179 Å². The van der Waals surface area contributed by atoms with Crippen LogP contribution in [0.15, 0.2) is 47.4 Å². The van der Waals surface area contributed by atoms with Crippen LogP contribution in [0.25, 0.3) is 0 Å². The molecule has 3 rings (SSSR count). The number of carbonyl (C=O) groups excluding carboxylic acids is 1. The van der Waals surface area contributed by atoms with Crippen molar-refractivity contribution >= 4 is 15.9 Å². The number of piperazine rings is 1. The molecule has 1 amide bonds. The van der Waals surface area contributed by atoms with Gasteiger partial charge in [0.1, 0.15) is 6.04 Å². The van der Waals surface area contributed by atoms with Gasteiger partial charge in [0.2, 0.25) is 15.9 Å². The molecule has 0 radical (unpaired) electrons. The van der Waals surface area contributed by atoms with Gasteiger partial charge >= 0.3 is 0 Å². The van der Waals surface area contributed by atoms with Crippen molar-refractivity contribution in [2.75, 3.05) is 33.2 Å². The van der Waals surface area contributed by atoms with Crippen molar-refractivity contribution in [3.8, 4) is 0 Å². The predicted octanol–water partition coefficient (Wildman–Crippen LogP) is 2.28. The number of aryl methyl sites for hydroxylation is 3. The minimum absolute atomic E-state index is 0.169. The van der Waals surface area contributed by atoms with Crippen LogP contribution < -0.4 is 4.72 Å². The molecule has 1 atom stereocenters. The first-order valence-corrected chi connectivity index (χ1v) is 11.8. The molecule has 0 spiro atoms. The summed E-state index contributed by atoms with van der Waals surface area (Å²) >= 11 is 0. The molecule has 2 aromatic rings. The Hall–Kier alpha value is -2.22. The molecule has 0 bridgehead atoms. The predicted molar refractivity (Wildman–Crippen MR) is 119 cm³/mol. The number of nitrogens with one attached hydrogen (secondary N) is 1. The van der Waals surface area contributed by atoms with Crippen molar-refractivity contribution in [1.82, 2.24) is 14.5 Å². The zero-order valence-electron chi connectivity index (χ0n) is 18.2. The standard InChI is InChI=1S/C23H31N3O3S/c1-17-14-18(2)22(19(3)15-17)30(28,29)24-21(16-20-8-6-5-7-9-20)23(27)26-12-10-25(4)11-13-26/h5-9,14-15,21,24H,10-13,16H2,1-4H3/t21-/m0/s1. The Kier molecular flexibility index (Phi) is 6.95. The summed E-state index contributed by atoms with van der Waals surface area (Å²) in [6, 6.07) is 12.4. The van der Waals surface area contributed by atoms with Crippen LogP contribution in [-0.2, 0) is 21.2 Å². The third kappa shape index (κ3) is 5.28. The van der Waals surface area contributed by atoms with Crippen LogP contribution in [-0.4, -0.2) is 63.4 Å². The number of hydrogen-bond donors (Lipinski definition) is 1. The van der Waals surface area contributed by atoms with Gasteiger partial charge in [0.25, 0.3) is 0 Å². The maximum atomic E-state index is 13.3. The number of rotatable bonds is 6. The van der Waals surface area contributed by atoms with Crippen molar-refractivity contribution in [3.05, 3.63) is 64.7 Å². The second-order valence-electron chi connectivity index (χ2n) is 8.22. The summed E-state index contributed by atoms with van der Waals surface area (Å²) in [6.45, 7) is 8.31. The summed E-state index contributed by atoms with van der Waals surface area (Å²) in [6.07, 6.45) is 0.315. The molecule has 1 N–H and O–H groups in total. The van der Waals surface area contributed by atoms with E-state index in [1.54, 1.807) is 18.7 Å². The van der Waals surface area contributed by atoms with Gasteiger partial charge in [-0.3, -0.25) is 4.79 Å². The maximum absolute atomic E-state index is 13.3. The Morgan fingerprint density at radius 3 is 2.13 bits per heavy atom. The fourth-order valence-electron chi connectivity index (χ4n) is 4.11. The number of sulfonamides is 1. The lowest BCUT2D eigenvalue weighted by atomic mass is 10.1. The van der Waals surface area contributed by atoms with Gasteiger partial charge in [-0.25, -0.2) is 8.42 Å². The molecule has 0 saturated carbocycles. The molecule has 0 aliphatic carbocycles. The van der Waals surface area contributed by atoms with Crippen LogP contribution in [0, 0.1) is 20.8 Å². The van der Waals surface area contributed by atoms with Crippen molar-refractivity contribution in [3.63, 3.8) is 0 Å². The Balaban J connectivity index is 1.91. The molecule has 7 heteroatoms. The molecule has 6 nitrogen and oxygen atoms in total. The summed E-state index contributed by atoms with van der Waals surface area (Å²) in [5.41, 5.74) is 3.30. The normalized spacial score (nSPS) is 16.5. The number of amides is 1. The van der Waals surface area contributed by atoms with Crippen LogP contribution in [0.3, 0.4) is 0 Å². The van der Waals surface area contributed by atoms with Gasteiger partial charge in [-0.2, -0.15) is 4.72 Å². The van der Waals surface area contributed by atoms with Crippen LogP contribution in [0.5, 0.6) is 0 Å². The molecular formula is C23H31N3O3S. The van der Waals surface area contributed by atoms with Gasteiger partial charge in [-0.15, -0.1) is 0 Å². The summed E-state index contributed by atoms with van der Waals surface area (Å²) < 4.78 is 29.4. The van der Waals surface area contributed by atoms with E-state index in [4.69, 9.17) is 0 Å². The Morgan fingerprint density at radius 2 is 1.57 bits per heavy atom. The van der Waals surface area contributed by atoms with Gasteiger partial charge in [-0.05, 0) is 50.9 Å². The minimum atomic E-state index is -3.86. The molecule has 1 aliphatic heterocycles. The average Bonchev–Trinajstić information content (AvgIpc) is 2.67. The summed E-state index contributed by atoms with van der Waals surface area (Å²) in [5, 5.41) is 0. The zero-order valence-corrected chi connectivity index (χ0v) is 19.0. The van der Waals surface area contributed by atoms with Crippen LogP contribution in [0.2, 0.25) is 0 Å². The van der Waals surface area contributed by atoms with E-state index in [1.807, 2.05) is 56.4 Å². The topological polar surface area (TPSA) is 69.7 Å². The van der Waals surface area contributed by atoms with Crippen molar-refractivity contribution in [2.24, 2.45) is 0 Å². The molecule has 2 aromatic carbocycles. The fraction of sp³-hybridized carbons (Fsp3) is 0.435. The Bertz CT molecular complexity index is 975. The first-order chi connectivity index (χ1) is 14.2. The van der Waals surface area contributed by atoms with E-state index < -0.39 is 16.1 Å². The molecule has 1 saturated heterocycles. The quantitative estimate of drug-likeness (QED) is 0.765. The minimum Gasteiger partial charge on any atom is -0.339 e. The molecule has 0 unspecified atom stereocenters. The van der Waals surface area contributed by atoms with E-state index in [1.165, 1.54) is 0 Å². The van der Waals surface area contributed by atoms with Crippen molar-refractivity contribution in [2.45, 2.75) is 38.1 Å². The molecular weight excluding hydrogens is 398 g/mol. The third-order valence-electron chi connectivity index (χ3n) is 5.57. The molecule has 30 heavy (non-hydrogen) atoms. The van der Waals surface area contributed by atoms with Crippen molar-refractivity contribution < 1.29 is 13.2 Å². The summed E-state index contributed by atoms with van der Waals surface area (Å²) in [5.74, 6) is -0.169. The molecule has 162 valence electrons. The number of hydrogen-bond acceptors (Lipinski definition) is 4. The lowest BCUT2D eigenvalue weighted by Crippen LogP contribution is -2.55. The number of likely N-dealkylation sites (N-methyl/N-ethyl adjacent to an activating group) is 1. The monoisotopic (exact) mass is 429 g/mol. The van der Waals surface area contributed by atoms with Crippen LogP contribution in [0.1, 0.15) is 22.3 Å². The zero-order chi connectivity index (χ0) is 21.9. The third-order valence-corrected chi connectivity index (χ3v) is 7.34. The molecule has 1 fully saturated rings. The van der Waals surface area contributed by atoms with Gasteiger partial charge in [-0.1, -0.05) is 48.0 Å². The maximum Gasteiger partial charge on any atom is 0.241 e. The van der Waals surface area contributed by atoms with E-state index >= 15 is 0 Å². The van der Waals surface area contributed by atoms with E-state index in [0.717, 1.165) is 24.2 Å². The van der Waals surface area contributed by atoms with Gasteiger partial charge in [0, 0.05) is 26.2 Å². The van der Waals surface area contributed by atoms with Crippen LogP contribution in [0.4, 0.5) is 0 Å². The second-order valence-corrected chi connectivity index (χ2v) is 9.87. The largest absolute Gasteiger partial charge is 0.339 e. The van der Waals surface area contributed by atoms with E-state index in [2.05, 4.69) is 9.62 Å². The smallest absolute Gasteiger partial charge is 0.241 e. The number of benzene rings is 2.